The van der Waals surface area contributed by atoms with Crippen molar-refractivity contribution in [2.45, 2.75) is 25.3 Å². The van der Waals surface area contributed by atoms with Gasteiger partial charge in [-0.2, -0.15) is 5.10 Å². The molecule has 1 aromatic heterocycles. The van der Waals surface area contributed by atoms with E-state index in [4.69, 9.17) is 0 Å². The van der Waals surface area contributed by atoms with Crippen molar-refractivity contribution in [3.05, 3.63) is 89.6 Å². The second-order valence-corrected chi connectivity index (χ2v) is 11.2. The average molecular weight is 546 g/mol. The molecule has 208 valence electrons. The fourth-order valence-electron chi connectivity index (χ4n) is 6.11. The van der Waals surface area contributed by atoms with Gasteiger partial charge in [0.05, 0.1) is 5.52 Å². The molecule has 2 amide bonds. The quantitative estimate of drug-likeness (QED) is 0.379. The van der Waals surface area contributed by atoms with Gasteiger partial charge in [0.25, 0.3) is 5.91 Å². The lowest BCUT2D eigenvalue weighted by Crippen LogP contribution is -2.46. The third-order valence-corrected chi connectivity index (χ3v) is 8.42. The number of aromatic amines is 1. The number of hydrogen-bond donors (Lipinski definition) is 1. The van der Waals surface area contributed by atoms with Crippen LogP contribution in [0.25, 0.3) is 22.0 Å². The monoisotopic (exact) mass is 545 g/mol. The minimum absolute atomic E-state index is 0.0432. The molecular formula is C34H35N5O2. The molecule has 6 rings (SSSR count). The van der Waals surface area contributed by atoms with E-state index in [1.165, 1.54) is 0 Å². The summed E-state index contributed by atoms with van der Waals surface area (Å²) in [6.45, 7) is 3.28. The third kappa shape index (κ3) is 5.61. The minimum Gasteiger partial charge on any atom is -0.349 e. The summed E-state index contributed by atoms with van der Waals surface area (Å²) in [5, 5.41) is 8.37. The van der Waals surface area contributed by atoms with Gasteiger partial charge in [0.15, 0.2) is 0 Å². The molecule has 2 fully saturated rings. The van der Waals surface area contributed by atoms with Crippen LogP contribution in [0.2, 0.25) is 0 Å². The number of hydrogen-bond acceptors (Lipinski definition) is 4. The Hall–Kier alpha value is -4.41. The molecule has 1 atom stereocenters. The average Bonchev–Trinajstić information content (AvgIpc) is 3.67. The van der Waals surface area contributed by atoms with E-state index in [2.05, 4.69) is 45.1 Å². The Morgan fingerprint density at radius 1 is 0.902 bits per heavy atom. The number of nitrogens with zero attached hydrogens (tertiary/aromatic N) is 4. The lowest BCUT2D eigenvalue weighted by molar-refractivity contribution is -0.134. The lowest BCUT2D eigenvalue weighted by Gasteiger charge is -2.36. The van der Waals surface area contributed by atoms with Crippen molar-refractivity contribution in [2.24, 2.45) is 5.92 Å². The predicted molar refractivity (Wildman–Crippen MR) is 161 cm³/mol. The molecule has 0 unspecified atom stereocenters. The highest BCUT2D eigenvalue weighted by Crippen LogP contribution is 2.27. The number of piperidine rings is 1. The topological polar surface area (TPSA) is 72.5 Å². The second kappa shape index (κ2) is 11.6. The number of aromatic nitrogens is 2. The molecule has 3 aromatic carbocycles. The van der Waals surface area contributed by atoms with Crippen molar-refractivity contribution >= 4 is 22.7 Å². The first kappa shape index (κ1) is 26.8. The number of nitrogens with one attached hydrogen (secondary N) is 1. The first-order valence-electron chi connectivity index (χ1n) is 14.4. The first-order valence-corrected chi connectivity index (χ1v) is 14.4. The molecule has 41 heavy (non-hydrogen) atoms. The molecule has 3 heterocycles. The summed E-state index contributed by atoms with van der Waals surface area (Å²) in [6.07, 6.45) is 2.74. The van der Waals surface area contributed by atoms with Crippen LogP contribution in [-0.2, 0) is 4.79 Å². The maximum Gasteiger partial charge on any atom is 0.253 e. The van der Waals surface area contributed by atoms with Crippen molar-refractivity contribution in [2.75, 3.05) is 40.3 Å². The van der Waals surface area contributed by atoms with Crippen LogP contribution in [0.4, 0.5) is 0 Å². The molecule has 2 aliphatic rings. The standard InChI is InChI=1S/C34H35N5O2/c1-37(2)33(40)26-16-19-38(20-17-26)28-18-21-39(23-28)34(41)27-13-15-32-30(22-27)31(35-36-32)14-12-25-10-6-7-11-29(25)24-8-4-3-5-9-24/h3-11,13,15,22,26,28H,16-21,23H2,1-2H3,(H,35,36)/t28-/m0/s1. The third-order valence-electron chi connectivity index (χ3n) is 8.42. The van der Waals surface area contributed by atoms with Gasteiger partial charge in [-0.15, -0.1) is 0 Å². The van der Waals surface area contributed by atoms with E-state index >= 15 is 0 Å². The van der Waals surface area contributed by atoms with Crippen LogP contribution in [0.5, 0.6) is 0 Å². The lowest BCUT2D eigenvalue weighted by atomic mass is 9.94. The van der Waals surface area contributed by atoms with Crippen molar-refractivity contribution in [1.29, 1.82) is 0 Å². The van der Waals surface area contributed by atoms with Gasteiger partial charge in [0, 0.05) is 55.7 Å². The van der Waals surface area contributed by atoms with E-state index in [9.17, 15) is 9.59 Å². The van der Waals surface area contributed by atoms with E-state index in [0.29, 0.717) is 17.3 Å². The van der Waals surface area contributed by atoms with E-state index in [1.54, 1.807) is 4.90 Å². The number of carbonyl (C=O) groups excluding carboxylic acids is 2. The summed E-state index contributed by atoms with van der Waals surface area (Å²) in [6, 6.07) is 24.4. The Kier molecular flexibility index (Phi) is 7.58. The first-order chi connectivity index (χ1) is 20.0. The summed E-state index contributed by atoms with van der Waals surface area (Å²) in [5.41, 5.74) is 5.27. The Labute approximate surface area is 241 Å². The predicted octanol–water partition coefficient (Wildman–Crippen LogP) is 4.64. The Balaban J connectivity index is 1.16. The van der Waals surface area contributed by atoms with Crippen LogP contribution in [0, 0.1) is 17.8 Å². The zero-order valence-electron chi connectivity index (χ0n) is 23.6. The van der Waals surface area contributed by atoms with Crippen molar-refractivity contribution in [3.63, 3.8) is 0 Å². The van der Waals surface area contributed by atoms with Crippen LogP contribution in [0.15, 0.2) is 72.8 Å². The highest BCUT2D eigenvalue weighted by atomic mass is 16.2. The Bertz CT molecular complexity index is 1620. The molecule has 4 aromatic rings. The molecule has 2 aliphatic heterocycles. The zero-order chi connectivity index (χ0) is 28.3. The highest BCUT2D eigenvalue weighted by molar-refractivity contribution is 5.99. The Morgan fingerprint density at radius 3 is 2.44 bits per heavy atom. The van der Waals surface area contributed by atoms with Crippen LogP contribution in [0.1, 0.15) is 40.9 Å². The molecule has 0 aliphatic carbocycles. The summed E-state index contributed by atoms with van der Waals surface area (Å²) >= 11 is 0. The molecular weight excluding hydrogens is 510 g/mol. The molecule has 7 heteroatoms. The molecule has 0 bridgehead atoms. The van der Waals surface area contributed by atoms with Gasteiger partial charge in [0.1, 0.15) is 5.69 Å². The number of fused-ring (bicyclic) bond motifs is 1. The van der Waals surface area contributed by atoms with E-state index in [1.807, 2.05) is 73.6 Å². The number of carbonyl (C=O) groups is 2. The van der Waals surface area contributed by atoms with Crippen molar-refractivity contribution in [3.8, 4) is 23.0 Å². The fraction of sp³-hybridized carbons (Fsp3) is 0.324. The van der Waals surface area contributed by atoms with Crippen LogP contribution in [-0.4, -0.2) is 83.0 Å². The number of likely N-dealkylation sites (tertiary alicyclic amines) is 2. The molecule has 0 saturated carbocycles. The number of amides is 2. The van der Waals surface area contributed by atoms with Gasteiger partial charge in [0.2, 0.25) is 5.91 Å². The van der Waals surface area contributed by atoms with Gasteiger partial charge in [-0.1, -0.05) is 54.5 Å². The fourth-order valence-corrected chi connectivity index (χ4v) is 6.11. The van der Waals surface area contributed by atoms with Crippen LogP contribution in [0.3, 0.4) is 0 Å². The van der Waals surface area contributed by atoms with Gasteiger partial charge < -0.3 is 9.80 Å². The second-order valence-electron chi connectivity index (χ2n) is 11.2. The smallest absolute Gasteiger partial charge is 0.253 e. The normalized spacial score (nSPS) is 17.8. The van der Waals surface area contributed by atoms with Crippen LogP contribution < -0.4 is 0 Å². The van der Waals surface area contributed by atoms with Gasteiger partial charge in [-0.3, -0.25) is 19.6 Å². The van der Waals surface area contributed by atoms with E-state index in [-0.39, 0.29) is 17.7 Å². The summed E-state index contributed by atoms with van der Waals surface area (Å²) < 4.78 is 0. The number of benzene rings is 3. The van der Waals surface area contributed by atoms with Gasteiger partial charge in [-0.25, -0.2) is 0 Å². The summed E-state index contributed by atoms with van der Waals surface area (Å²) in [7, 11) is 3.66. The van der Waals surface area contributed by atoms with E-state index in [0.717, 1.165) is 73.0 Å². The number of H-pyrrole nitrogens is 1. The molecule has 1 N–H and O–H groups in total. The largest absolute Gasteiger partial charge is 0.349 e. The minimum atomic E-state index is 0.0432. The maximum atomic E-state index is 13.5. The number of rotatable bonds is 4. The highest BCUT2D eigenvalue weighted by Gasteiger charge is 2.34. The van der Waals surface area contributed by atoms with Crippen LogP contribution >= 0.6 is 0 Å². The van der Waals surface area contributed by atoms with Crippen molar-refractivity contribution in [1.82, 2.24) is 24.9 Å². The molecule has 0 radical (unpaired) electrons. The summed E-state index contributed by atoms with van der Waals surface area (Å²) in [5.74, 6) is 6.95. The summed E-state index contributed by atoms with van der Waals surface area (Å²) in [4.78, 5) is 32.0. The molecule has 7 nitrogen and oxygen atoms in total. The van der Waals surface area contributed by atoms with Gasteiger partial charge >= 0.3 is 0 Å². The van der Waals surface area contributed by atoms with E-state index < -0.39 is 0 Å². The van der Waals surface area contributed by atoms with Gasteiger partial charge in [-0.05, 0) is 73.7 Å². The maximum absolute atomic E-state index is 13.5. The Morgan fingerprint density at radius 2 is 1.66 bits per heavy atom. The molecule has 0 spiro atoms. The SMILES string of the molecule is CN(C)C(=O)C1CCN([C@H]2CCN(C(=O)c3ccc4[nH]nc(C#Cc5ccccc5-c5ccccc5)c4c3)C2)CC1. The van der Waals surface area contributed by atoms with Crippen molar-refractivity contribution < 1.29 is 9.59 Å². The zero-order valence-corrected chi connectivity index (χ0v) is 23.6. The molecule has 2 saturated heterocycles.